The first kappa shape index (κ1) is 21.7. The summed E-state index contributed by atoms with van der Waals surface area (Å²) in [5.74, 6) is 1.33. The standard InChI is InChI=1S/C24H30N2O4/c1-29-21-11-10-19(15-22(21)30-2)12-13-25-24(28)20-9-6-14-26(17-20)23(27)16-18-7-4-3-5-8-18/h3-5,7-8,10-11,15,20H,6,9,12-14,16-17H2,1-2H3,(H,25,28)/t20-/m1/s1. The van der Waals surface area contributed by atoms with Crippen LogP contribution in [0.25, 0.3) is 0 Å². The van der Waals surface area contributed by atoms with Crippen molar-refractivity contribution in [3.05, 3.63) is 59.7 Å². The molecule has 0 radical (unpaired) electrons. The molecule has 2 amide bonds. The lowest BCUT2D eigenvalue weighted by atomic mass is 9.96. The highest BCUT2D eigenvalue weighted by molar-refractivity contribution is 5.82. The quantitative estimate of drug-likeness (QED) is 0.727. The Morgan fingerprint density at radius 1 is 1.03 bits per heavy atom. The maximum atomic E-state index is 12.6. The van der Waals surface area contributed by atoms with E-state index in [1.54, 1.807) is 14.2 Å². The van der Waals surface area contributed by atoms with Crippen molar-refractivity contribution in [3.8, 4) is 11.5 Å². The maximum Gasteiger partial charge on any atom is 0.227 e. The van der Waals surface area contributed by atoms with Crippen LogP contribution in [0.2, 0.25) is 0 Å². The number of nitrogens with one attached hydrogen (secondary N) is 1. The number of nitrogens with zero attached hydrogens (tertiary/aromatic N) is 1. The number of ether oxygens (including phenoxy) is 2. The van der Waals surface area contributed by atoms with Gasteiger partial charge in [-0.3, -0.25) is 9.59 Å². The van der Waals surface area contributed by atoms with Gasteiger partial charge in [-0.15, -0.1) is 0 Å². The summed E-state index contributed by atoms with van der Waals surface area (Å²) in [4.78, 5) is 27.1. The van der Waals surface area contributed by atoms with Gasteiger partial charge in [-0.05, 0) is 42.5 Å². The molecular formula is C24H30N2O4. The molecule has 1 aliphatic rings. The first-order chi connectivity index (χ1) is 14.6. The van der Waals surface area contributed by atoms with E-state index in [0.717, 1.165) is 30.5 Å². The molecule has 0 unspecified atom stereocenters. The second kappa shape index (κ2) is 10.7. The molecule has 1 atom stereocenters. The zero-order valence-electron chi connectivity index (χ0n) is 17.7. The minimum absolute atomic E-state index is 0.0210. The fourth-order valence-electron chi connectivity index (χ4n) is 3.81. The number of hydrogen-bond acceptors (Lipinski definition) is 4. The van der Waals surface area contributed by atoms with Gasteiger partial charge in [-0.2, -0.15) is 0 Å². The van der Waals surface area contributed by atoms with Crippen molar-refractivity contribution in [2.75, 3.05) is 33.9 Å². The van der Waals surface area contributed by atoms with Gasteiger partial charge in [0.25, 0.3) is 0 Å². The molecule has 6 nitrogen and oxygen atoms in total. The van der Waals surface area contributed by atoms with Gasteiger partial charge in [0.1, 0.15) is 0 Å². The van der Waals surface area contributed by atoms with Crippen LogP contribution in [-0.4, -0.2) is 50.6 Å². The zero-order chi connectivity index (χ0) is 21.3. The smallest absolute Gasteiger partial charge is 0.227 e. The molecule has 1 aliphatic heterocycles. The van der Waals surface area contributed by atoms with Gasteiger partial charge < -0.3 is 19.7 Å². The Labute approximate surface area is 178 Å². The summed E-state index contributed by atoms with van der Waals surface area (Å²) in [6.07, 6.45) is 2.76. The van der Waals surface area contributed by atoms with Crippen LogP contribution in [0.15, 0.2) is 48.5 Å². The van der Waals surface area contributed by atoms with E-state index in [1.165, 1.54) is 0 Å². The molecule has 3 rings (SSSR count). The number of rotatable bonds is 8. The third kappa shape index (κ3) is 5.75. The summed E-state index contributed by atoms with van der Waals surface area (Å²) >= 11 is 0. The first-order valence-electron chi connectivity index (χ1n) is 10.4. The van der Waals surface area contributed by atoms with E-state index in [2.05, 4.69) is 5.32 Å². The van der Waals surface area contributed by atoms with Crippen LogP contribution in [0.3, 0.4) is 0 Å². The summed E-state index contributed by atoms with van der Waals surface area (Å²) in [6.45, 7) is 1.76. The molecule has 1 heterocycles. The lowest BCUT2D eigenvalue weighted by Crippen LogP contribution is -2.46. The fourth-order valence-corrected chi connectivity index (χ4v) is 3.81. The van der Waals surface area contributed by atoms with Gasteiger partial charge in [-0.1, -0.05) is 36.4 Å². The molecule has 2 aromatic rings. The third-order valence-electron chi connectivity index (χ3n) is 5.50. The normalized spacial score (nSPS) is 16.1. The van der Waals surface area contributed by atoms with Crippen LogP contribution in [0.1, 0.15) is 24.0 Å². The van der Waals surface area contributed by atoms with Gasteiger partial charge in [0.2, 0.25) is 11.8 Å². The van der Waals surface area contributed by atoms with Crippen LogP contribution in [-0.2, 0) is 22.4 Å². The Bertz CT molecular complexity index is 854. The molecule has 6 heteroatoms. The first-order valence-corrected chi connectivity index (χ1v) is 10.4. The van der Waals surface area contributed by atoms with Crippen molar-refractivity contribution >= 4 is 11.8 Å². The SMILES string of the molecule is COc1ccc(CCNC(=O)[C@@H]2CCCN(C(=O)Cc3ccccc3)C2)cc1OC. The number of benzene rings is 2. The molecule has 1 N–H and O–H groups in total. The van der Waals surface area contributed by atoms with Crippen molar-refractivity contribution < 1.29 is 19.1 Å². The number of amides is 2. The highest BCUT2D eigenvalue weighted by atomic mass is 16.5. The summed E-state index contributed by atoms with van der Waals surface area (Å²) in [5.41, 5.74) is 2.07. The predicted octanol–water partition coefficient (Wildman–Crippen LogP) is 2.84. The van der Waals surface area contributed by atoms with Crippen molar-refractivity contribution in [2.45, 2.75) is 25.7 Å². The molecule has 2 aromatic carbocycles. The molecule has 1 saturated heterocycles. The lowest BCUT2D eigenvalue weighted by molar-refractivity contribution is -0.135. The second-order valence-electron chi connectivity index (χ2n) is 7.57. The third-order valence-corrected chi connectivity index (χ3v) is 5.50. The molecular weight excluding hydrogens is 380 g/mol. The van der Waals surface area contributed by atoms with E-state index in [0.29, 0.717) is 37.4 Å². The van der Waals surface area contributed by atoms with E-state index in [4.69, 9.17) is 9.47 Å². The minimum atomic E-state index is -0.149. The fraction of sp³-hybridized carbons (Fsp3) is 0.417. The van der Waals surface area contributed by atoms with Gasteiger partial charge in [0.15, 0.2) is 11.5 Å². The highest BCUT2D eigenvalue weighted by Crippen LogP contribution is 2.27. The van der Waals surface area contributed by atoms with E-state index < -0.39 is 0 Å². The molecule has 1 fully saturated rings. The summed E-state index contributed by atoms with van der Waals surface area (Å²) < 4.78 is 10.6. The summed E-state index contributed by atoms with van der Waals surface area (Å²) in [6, 6.07) is 15.5. The average molecular weight is 411 g/mol. The van der Waals surface area contributed by atoms with Gasteiger partial charge in [-0.25, -0.2) is 0 Å². The minimum Gasteiger partial charge on any atom is -0.493 e. The van der Waals surface area contributed by atoms with Crippen LogP contribution in [0.4, 0.5) is 0 Å². The number of methoxy groups -OCH3 is 2. The molecule has 0 bridgehead atoms. The van der Waals surface area contributed by atoms with E-state index in [9.17, 15) is 9.59 Å². The zero-order valence-corrected chi connectivity index (χ0v) is 17.7. The monoisotopic (exact) mass is 410 g/mol. The molecule has 0 saturated carbocycles. The van der Waals surface area contributed by atoms with Crippen LogP contribution in [0.5, 0.6) is 11.5 Å². The summed E-state index contributed by atoms with van der Waals surface area (Å²) in [5, 5.41) is 3.03. The van der Waals surface area contributed by atoms with Gasteiger partial charge in [0.05, 0.1) is 26.6 Å². The van der Waals surface area contributed by atoms with Gasteiger partial charge >= 0.3 is 0 Å². The van der Waals surface area contributed by atoms with E-state index in [1.807, 2.05) is 53.4 Å². The van der Waals surface area contributed by atoms with Gasteiger partial charge in [0, 0.05) is 19.6 Å². The average Bonchev–Trinajstić information content (AvgIpc) is 2.79. The Hall–Kier alpha value is -3.02. The van der Waals surface area contributed by atoms with Crippen LogP contribution >= 0.6 is 0 Å². The number of hydrogen-bond donors (Lipinski definition) is 1. The molecule has 30 heavy (non-hydrogen) atoms. The Kier molecular flexibility index (Phi) is 7.71. The number of carbonyl (C=O) groups is 2. The Balaban J connectivity index is 1.47. The van der Waals surface area contributed by atoms with E-state index >= 15 is 0 Å². The highest BCUT2D eigenvalue weighted by Gasteiger charge is 2.28. The van der Waals surface area contributed by atoms with Crippen molar-refractivity contribution in [3.63, 3.8) is 0 Å². The van der Waals surface area contributed by atoms with Crippen molar-refractivity contribution in [1.82, 2.24) is 10.2 Å². The van der Waals surface area contributed by atoms with Crippen molar-refractivity contribution in [2.24, 2.45) is 5.92 Å². The Morgan fingerprint density at radius 2 is 1.80 bits per heavy atom. The number of likely N-dealkylation sites (tertiary alicyclic amines) is 1. The van der Waals surface area contributed by atoms with E-state index in [-0.39, 0.29) is 17.7 Å². The molecule has 0 aliphatic carbocycles. The number of carbonyl (C=O) groups excluding carboxylic acids is 2. The maximum absolute atomic E-state index is 12.6. The molecule has 0 spiro atoms. The van der Waals surface area contributed by atoms with Crippen LogP contribution < -0.4 is 14.8 Å². The van der Waals surface area contributed by atoms with Crippen LogP contribution in [0, 0.1) is 5.92 Å². The molecule has 160 valence electrons. The lowest BCUT2D eigenvalue weighted by Gasteiger charge is -2.32. The van der Waals surface area contributed by atoms with Crippen molar-refractivity contribution in [1.29, 1.82) is 0 Å². The topological polar surface area (TPSA) is 67.9 Å². The Morgan fingerprint density at radius 3 is 2.53 bits per heavy atom. The number of piperidine rings is 1. The second-order valence-corrected chi connectivity index (χ2v) is 7.57. The molecule has 0 aromatic heterocycles. The largest absolute Gasteiger partial charge is 0.493 e. The predicted molar refractivity (Wildman–Crippen MR) is 116 cm³/mol. The summed E-state index contributed by atoms with van der Waals surface area (Å²) in [7, 11) is 3.22.